The number of ether oxygens (including phenoxy) is 1. The Hall–Kier alpha value is -2.18. The summed E-state index contributed by atoms with van der Waals surface area (Å²) < 4.78 is 5.68. The molecule has 7 heteroatoms. The van der Waals surface area contributed by atoms with E-state index in [-0.39, 0.29) is 5.28 Å². The van der Waals surface area contributed by atoms with E-state index in [2.05, 4.69) is 21.4 Å². The largest absolute Gasteiger partial charge is 0.494 e. The molecule has 0 fully saturated rings. The number of hydrogen-bond acceptors (Lipinski definition) is 6. The molecule has 0 radical (unpaired) electrons. The Morgan fingerprint density at radius 2 is 2.04 bits per heavy atom. The molecule has 0 aliphatic rings. The molecule has 2 heterocycles. The summed E-state index contributed by atoms with van der Waals surface area (Å²) in [4.78, 5) is 14.0. The first kappa shape index (κ1) is 17.6. The lowest BCUT2D eigenvalue weighted by Crippen LogP contribution is -1.95. The molecule has 130 valence electrons. The van der Waals surface area contributed by atoms with Crippen LogP contribution in [-0.2, 0) is 0 Å². The molecule has 1 aromatic carbocycles. The fourth-order valence-corrected chi connectivity index (χ4v) is 3.68. The van der Waals surface area contributed by atoms with Crippen molar-refractivity contribution in [2.45, 2.75) is 20.8 Å². The van der Waals surface area contributed by atoms with Gasteiger partial charge in [0.1, 0.15) is 5.75 Å². The van der Waals surface area contributed by atoms with Crippen LogP contribution in [0.3, 0.4) is 0 Å². The van der Waals surface area contributed by atoms with Crippen molar-refractivity contribution in [1.29, 1.82) is 0 Å². The zero-order valence-corrected chi connectivity index (χ0v) is 15.9. The first-order chi connectivity index (χ1) is 12.1. The maximum Gasteiger partial charge on any atom is 0.222 e. The van der Waals surface area contributed by atoms with E-state index in [1.165, 1.54) is 0 Å². The number of thiazole rings is 1. The molecule has 5 nitrogen and oxygen atoms in total. The Morgan fingerprint density at radius 1 is 1.20 bits per heavy atom. The van der Waals surface area contributed by atoms with Crippen molar-refractivity contribution in [2.75, 3.05) is 18.5 Å². The molecule has 0 saturated heterocycles. The van der Waals surface area contributed by atoms with Crippen LogP contribution in [0.1, 0.15) is 19.4 Å². The lowest BCUT2D eigenvalue weighted by Gasteiger charge is -2.08. The van der Waals surface area contributed by atoms with Crippen molar-refractivity contribution in [3.63, 3.8) is 0 Å². The third kappa shape index (κ3) is 4.08. The molecule has 0 aliphatic heterocycles. The molecule has 0 atom stereocenters. The molecule has 0 amide bonds. The normalized spacial score (nSPS) is 10.7. The molecule has 3 aromatic rings. The molecule has 25 heavy (non-hydrogen) atoms. The number of aryl methyl sites for hydroxylation is 1. The van der Waals surface area contributed by atoms with Crippen molar-refractivity contribution in [3.8, 4) is 27.6 Å². The summed E-state index contributed by atoms with van der Waals surface area (Å²) in [5.74, 6) is 0.835. The summed E-state index contributed by atoms with van der Waals surface area (Å²) in [6.07, 6.45) is 1.66. The first-order valence-corrected chi connectivity index (χ1v) is 9.28. The van der Waals surface area contributed by atoms with Crippen LogP contribution in [0.25, 0.3) is 21.8 Å². The Labute approximate surface area is 156 Å². The summed E-state index contributed by atoms with van der Waals surface area (Å²) in [6.45, 7) is 7.49. The quantitative estimate of drug-likeness (QED) is 0.611. The van der Waals surface area contributed by atoms with Gasteiger partial charge < -0.3 is 10.1 Å². The van der Waals surface area contributed by atoms with Gasteiger partial charge in [-0.05, 0) is 62.2 Å². The number of anilines is 1. The molecule has 3 rings (SSSR count). The van der Waals surface area contributed by atoms with E-state index in [1.807, 2.05) is 39.0 Å². The molecular formula is C18H19ClN4OS. The summed E-state index contributed by atoms with van der Waals surface area (Å²) in [5.41, 5.74) is 3.73. The fourth-order valence-electron chi connectivity index (χ4n) is 2.51. The first-order valence-electron chi connectivity index (χ1n) is 8.09. The van der Waals surface area contributed by atoms with Gasteiger partial charge in [-0.15, -0.1) is 0 Å². The van der Waals surface area contributed by atoms with Gasteiger partial charge >= 0.3 is 0 Å². The van der Waals surface area contributed by atoms with Crippen molar-refractivity contribution >= 4 is 28.1 Å². The molecule has 0 spiro atoms. The maximum atomic E-state index is 5.98. The second kappa shape index (κ2) is 7.80. The lowest BCUT2D eigenvalue weighted by molar-refractivity contribution is 0.340. The van der Waals surface area contributed by atoms with E-state index < -0.39 is 0 Å². The van der Waals surface area contributed by atoms with E-state index in [9.17, 15) is 0 Å². The zero-order valence-electron chi connectivity index (χ0n) is 14.3. The Balaban J connectivity index is 2.15. The molecule has 2 aromatic heterocycles. The van der Waals surface area contributed by atoms with Gasteiger partial charge in [0.2, 0.25) is 5.28 Å². The van der Waals surface area contributed by atoms with E-state index in [0.29, 0.717) is 6.61 Å². The van der Waals surface area contributed by atoms with E-state index >= 15 is 0 Å². The highest BCUT2D eigenvalue weighted by molar-refractivity contribution is 7.19. The zero-order chi connectivity index (χ0) is 17.8. The minimum absolute atomic E-state index is 0.223. The minimum Gasteiger partial charge on any atom is -0.494 e. The Morgan fingerprint density at radius 3 is 2.76 bits per heavy atom. The van der Waals surface area contributed by atoms with E-state index in [0.717, 1.165) is 44.8 Å². The number of halogens is 1. The van der Waals surface area contributed by atoms with Gasteiger partial charge in [0.05, 0.1) is 22.9 Å². The lowest BCUT2D eigenvalue weighted by atomic mass is 10.1. The highest BCUT2D eigenvalue weighted by atomic mass is 35.5. The third-order valence-corrected chi connectivity index (χ3v) is 4.67. The van der Waals surface area contributed by atoms with Gasteiger partial charge in [0.15, 0.2) is 5.13 Å². The van der Waals surface area contributed by atoms with Crippen LogP contribution in [-0.4, -0.2) is 28.1 Å². The van der Waals surface area contributed by atoms with Gasteiger partial charge in [0.25, 0.3) is 0 Å². The summed E-state index contributed by atoms with van der Waals surface area (Å²) in [7, 11) is 0. The average Bonchev–Trinajstić information content (AvgIpc) is 2.99. The number of benzene rings is 1. The monoisotopic (exact) mass is 374 g/mol. The smallest absolute Gasteiger partial charge is 0.222 e. The SMILES string of the molecule is CCNc1nc(-c2cc(C)cc(OCC)c2)c(-c2ccnc(Cl)n2)s1. The van der Waals surface area contributed by atoms with Crippen molar-refractivity contribution < 1.29 is 4.74 Å². The molecule has 1 N–H and O–H groups in total. The van der Waals surface area contributed by atoms with Gasteiger partial charge in [-0.3, -0.25) is 0 Å². The van der Waals surface area contributed by atoms with Crippen LogP contribution < -0.4 is 10.1 Å². The fraction of sp³-hybridized carbons (Fsp3) is 0.278. The van der Waals surface area contributed by atoms with Crippen molar-refractivity contribution in [1.82, 2.24) is 15.0 Å². The topological polar surface area (TPSA) is 59.9 Å². The summed E-state index contributed by atoms with van der Waals surface area (Å²) >= 11 is 7.53. The molecular weight excluding hydrogens is 356 g/mol. The van der Waals surface area contributed by atoms with E-state index in [1.54, 1.807) is 17.5 Å². The standard InChI is InChI=1S/C18H19ClN4OS/c1-4-20-18-23-15(12-8-11(3)9-13(10-12)24-5-2)16(25-18)14-6-7-21-17(19)22-14/h6-10H,4-5H2,1-3H3,(H,20,23). The highest BCUT2D eigenvalue weighted by Gasteiger charge is 2.17. The van der Waals surface area contributed by atoms with Gasteiger partial charge in [-0.1, -0.05) is 11.3 Å². The van der Waals surface area contributed by atoms with Gasteiger partial charge in [-0.2, -0.15) is 0 Å². The van der Waals surface area contributed by atoms with Crippen LogP contribution >= 0.6 is 22.9 Å². The number of aromatic nitrogens is 3. The molecule has 0 aliphatic carbocycles. The van der Waals surface area contributed by atoms with Crippen molar-refractivity contribution in [2.24, 2.45) is 0 Å². The van der Waals surface area contributed by atoms with Crippen LogP contribution in [0.4, 0.5) is 5.13 Å². The van der Waals surface area contributed by atoms with Crippen LogP contribution in [0.15, 0.2) is 30.5 Å². The number of rotatable bonds is 6. The Bertz CT molecular complexity index is 881. The summed E-state index contributed by atoms with van der Waals surface area (Å²) in [6, 6.07) is 7.97. The number of nitrogens with one attached hydrogen (secondary N) is 1. The van der Waals surface area contributed by atoms with Crippen LogP contribution in [0.5, 0.6) is 5.75 Å². The highest BCUT2D eigenvalue weighted by Crippen LogP contribution is 2.39. The summed E-state index contributed by atoms with van der Waals surface area (Å²) in [5, 5.41) is 4.35. The van der Waals surface area contributed by atoms with Gasteiger partial charge in [-0.25, -0.2) is 15.0 Å². The van der Waals surface area contributed by atoms with Crippen LogP contribution in [0, 0.1) is 6.92 Å². The predicted octanol–water partition coefficient (Wildman–Crippen LogP) is 5.06. The number of nitrogens with zero attached hydrogens (tertiary/aromatic N) is 3. The van der Waals surface area contributed by atoms with Gasteiger partial charge in [0, 0.05) is 18.3 Å². The third-order valence-electron chi connectivity index (χ3n) is 3.45. The molecule has 0 saturated carbocycles. The Kier molecular flexibility index (Phi) is 5.50. The maximum absolute atomic E-state index is 5.98. The second-order valence-electron chi connectivity index (χ2n) is 5.41. The van der Waals surface area contributed by atoms with Crippen LogP contribution in [0.2, 0.25) is 5.28 Å². The van der Waals surface area contributed by atoms with Crippen molar-refractivity contribution in [3.05, 3.63) is 41.3 Å². The number of hydrogen-bond donors (Lipinski definition) is 1. The minimum atomic E-state index is 0.223. The second-order valence-corrected chi connectivity index (χ2v) is 6.74. The average molecular weight is 375 g/mol. The molecule has 0 unspecified atom stereocenters. The van der Waals surface area contributed by atoms with E-state index in [4.69, 9.17) is 21.3 Å². The predicted molar refractivity (Wildman–Crippen MR) is 104 cm³/mol. The molecule has 0 bridgehead atoms.